The van der Waals surface area contributed by atoms with Crippen LogP contribution in [0.4, 0.5) is 0 Å². The number of rotatable bonds is 9. The maximum absolute atomic E-state index is 13.8. The zero-order chi connectivity index (χ0) is 22.5. The van der Waals surface area contributed by atoms with Crippen LogP contribution in [0.25, 0.3) is 0 Å². The van der Waals surface area contributed by atoms with Gasteiger partial charge in [-0.15, -0.1) is 0 Å². The van der Waals surface area contributed by atoms with Crippen molar-refractivity contribution in [1.29, 1.82) is 0 Å². The molecule has 1 aliphatic heterocycles. The van der Waals surface area contributed by atoms with Gasteiger partial charge in [-0.05, 0) is 56.5 Å². The van der Waals surface area contributed by atoms with Crippen LogP contribution in [0.3, 0.4) is 0 Å². The van der Waals surface area contributed by atoms with E-state index < -0.39 is 5.60 Å². The standard InChI is InChI=1S/C22H33ClN2O4S.H2S/c1-7-22(28-15-26)13-12-18(16-8-10-17(23)11-9-16)25(20(22)27)19(21(2,3)4)14-29-30-24(5)6;/h8-11,15,18-19H,7,12-14H2,1-6H3;1H2/t18?,19?,22-;/m1./s1. The van der Waals surface area contributed by atoms with Gasteiger partial charge >= 0.3 is 0 Å². The second-order valence-corrected chi connectivity index (χ2v) is 10.5. The zero-order valence-electron chi connectivity index (χ0n) is 19.2. The molecule has 0 aromatic heterocycles. The molecular weight excluding hydrogens is 456 g/mol. The maximum Gasteiger partial charge on any atom is 0.294 e. The minimum absolute atomic E-state index is 0. The van der Waals surface area contributed by atoms with Gasteiger partial charge in [-0.25, -0.2) is 4.31 Å². The normalized spacial score (nSPS) is 22.8. The van der Waals surface area contributed by atoms with Gasteiger partial charge in [-0.3, -0.25) is 13.8 Å². The molecule has 0 radical (unpaired) electrons. The first-order valence-corrected chi connectivity index (χ1v) is 11.3. The molecule has 1 saturated heterocycles. The first-order chi connectivity index (χ1) is 14.1. The molecule has 6 nitrogen and oxygen atoms in total. The Kier molecular flexibility index (Phi) is 10.7. The molecule has 0 aliphatic carbocycles. The summed E-state index contributed by atoms with van der Waals surface area (Å²) in [5.41, 5.74) is -0.383. The van der Waals surface area contributed by atoms with E-state index in [-0.39, 0.29) is 36.9 Å². The van der Waals surface area contributed by atoms with E-state index in [1.807, 2.05) is 54.5 Å². The highest BCUT2D eigenvalue weighted by Gasteiger charge is 2.52. The minimum Gasteiger partial charge on any atom is -0.451 e. The number of likely N-dealkylation sites (tertiary alicyclic amines) is 1. The predicted molar refractivity (Wildman–Crippen MR) is 131 cm³/mol. The molecule has 2 unspecified atom stereocenters. The Morgan fingerprint density at radius 3 is 2.42 bits per heavy atom. The summed E-state index contributed by atoms with van der Waals surface area (Å²) < 4.78 is 13.2. The molecule has 0 spiro atoms. The van der Waals surface area contributed by atoms with Crippen molar-refractivity contribution in [3.8, 4) is 0 Å². The molecule has 1 amide bonds. The average molecular weight is 491 g/mol. The van der Waals surface area contributed by atoms with Gasteiger partial charge in [0.2, 0.25) is 0 Å². The van der Waals surface area contributed by atoms with Crippen molar-refractivity contribution in [2.24, 2.45) is 5.41 Å². The zero-order valence-corrected chi connectivity index (χ0v) is 21.8. The highest BCUT2D eigenvalue weighted by molar-refractivity contribution is 7.92. The summed E-state index contributed by atoms with van der Waals surface area (Å²) in [5, 5.41) is 0.651. The molecule has 1 aromatic carbocycles. The van der Waals surface area contributed by atoms with Crippen LogP contribution in [0.15, 0.2) is 24.3 Å². The number of halogens is 1. The van der Waals surface area contributed by atoms with Crippen molar-refractivity contribution < 1.29 is 18.5 Å². The summed E-state index contributed by atoms with van der Waals surface area (Å²) in [6.07, 6.45) is 1.59. The average Bonchev–Trinajstić information content (AvgIpc) is 2.67. The number of amides is 1. The van der Waals surface area contributed by atoms with Gasteiger partial charge in [0.05, 0.1) is 30.9 Å². The van der Waals surface area contributed by atoms with Crippen LogP contribution < -0.4 is 0 Å². The summed E-state index contributed by atoms with van der Waals surface area (Å²) >= 11 is 7.34. The second kappa shape index (κ2) is 11.8. The lowest BCUT2D eigenvalue weighted by Gasteiger charge is -2.51. The number of carbonyl (C=O) groups excluding carboxylic acids is 2. The number of hydrogen-bond acceptors (Lipinski definition) is 6. The Labute approximate surface area is 202 Å². The quantitative estimate of drug-likeness (QED) is 0.276. The summed E-state index contributed by atoms with van der Waals surface area (Å²) in [4.78, 5) is 27.0. The third kappa shape index (κ3) is 6.78. The molecule has 1 aromatic rings. The molecule has 0 saturated carbocycles. The van der Waals surface area contributed by atoms with E-state index in [1.165, 1.54) is 12.2 Å². The minimum atomic E-state index is -1.14. The molecular formula is C22H35ClN2O4S2. The van der Waals surface area contributed by atoms with Gasteiger partial charge < -0.3 is 9.64 Å². The first-order valence-electron chi connectivity index (χ1n) is 10.2. The van der Waals surface area contributed by atoms with E-state index in [4.69, 9.17) is 20.5 Å². The molecule has 9 heteroatoms. The summed E-state index contributed by atoms with van der Waals surface area (Å²) in [5.74, 6) is -0.165. The molecule has 1 aliphatic rings. The largest absolute Gasteiger partial charge is 0.451 e. The fourth-order valence-corrected chi connectivity index (χ4v) is 4.45. The number of benzene rings is 1. The van der Waals surface area contributed by atoms with Crippen molar-refractivity contribution in [3.63, 3.8) is 0 Å². The summed E-state index contributed by atoms with van der Waals surface area (Å²) in [6.45, 7) is 8.91. The van der Waals surface area contributed by atoms with Gasteiger partial charge in [0.25, 0.3) is 12.4 Å². The highest BCUT2D eigenvalue weighted by atomic mass is 35.5. The van der Waals surface area contributed by atoms with E-state index in [2.05, 4.69) is 20.8 Å². The molecule has 31 heavy (non-hydrogen) atoms. The Morgan fingerprint density at radius 1 is 1.32 bits per heavy atom. The molecule has 1 heterocycles. The second-order valence-electron chi connectivity index (χ2n) is 8.93. The van der Waals surface area contributed by atoms with E-state index in [9.17, 15) is 9.59 Å². The lowest BCUT2D eigenvalue weighted by Crippen LogP contribution is -2.61. The Hall–Kier alpha value is -0.930. The molecule has 1 fully saturated rings. The van der Waals surface area contributed by atoms with Crippen molar-refractivity contribution in [2.45, 2.75) is 64.6 Å². The van der Waals surface area contributed by atoms with E-state index >= 15 is 0 Å². The number of carbonyl (C=O) groups is 2. The van der Waals surface area contributed by atoms with Crippen molar-refractivity contribution in [2.75, 3.05) is 20.7 Å². The van der Waals surface area contributed by atoms with Crippen LogP contribution in [0, 0.1) is 5.41 Å². The monoisotopic (exact) mass is 490 g/mol. The number of hydrogen-bond donors (Lipinski definition) is 0. The molecule has 176 valence electrons. The van der Waals surface area contributed by atoms with E-state index in [1.54, 1.807) is 0 Å². The molecule has 3 atom stereocenters. The smallest absolute Gasteiger partial charge is 0.294 e. The lowest BCUT2D eigenvalue weighted by atomic mass is 9.78. The fourth-order valence-electron chi connectivity index (χ4n) is 3.92. The first kappa shape index (κ1) is 28.1. The van der Waals surface area contributed by atoms with E-state index in [0.717, 1.165) is 5.56 Å². The number of ether oxygens (including phenoxy) is 1. The predicted octanol–water partition coefficient (Wildman–Crippen LogP) is 4.99. The maximum atomic E-state index is 13.8. The van der Waals surface area contributed by atoms with Crippen LogP contribution in [0.1, 0.15) is 58.6 Å². The molecule has 0 bridgehead atoms. The van der Waals surface area contributed by atoms with Crippen LogP contribution in [-0.2, 0) is 18.5 Å². The van der Waals surface area contributed by atoms with Gasteiger partial charge in [0.1, 0.15) is 0 Å². The van der Waals surface area contributed by atoms with Crippen molar-refractivity contribution in [3.05, 3.63) is 34.9 Å². The Balaban J connectivity index is 0.00000480. The van der Waals surface area contributed by atoms with Crippen LogP contribution in [0.5, 0.6) is 0 Å². The fraction of sp³-hybridized carbons (Fsp3) is 0.636. The van der Waals surface area contributed by atoms with Gasteiger partial charge in [0.15, 0.2) is 5.60 Å². The van der Waals surface area contributed by atoms with Crippen LogP contribution in [-0.4, -0.2) is 53.9 Å². The van der Waals surface area contributed by atoms with Crippen molar-refractivity contribution in [1.82, 2.24) is 9.21 Å². The third-order valence-corrected chi connectivity index (χ3v) is 6.44. The van der Waals surface area contributed by atoms with Crippen LogP contribution >= 0.6 is 37.3 Å². The van der Waals surface area contributed by atoms with Gasteiger partial charge in [-0.2, -0.15) is 13.5 Å². The summed E-state index contributed by atoms with van der Waals surface area (Å²) in [7, 11) is 3.80. The Bertz CT molecular complexity index is 727. The van der Waals surface area contributed by atoms with Gasteiger partial charge in [0, 0.05) is 5.02 Å². The third-order valence-electron chi connectivity index (χ3n) is 5.64. The SMILES string of the molecule is CC[C@@]1(OC=O)CCC(c2ccc(Cl)cc2)N(C(COSN(C)C)C(C)(C)C)C1=O.S. The summed E-state index contributed by atoms with van der Waals surface area (Å²) in [6, 6.07) is 7.23. The van der Waals surface area contributed by atoms with E-state index in [0.29, 0.717) is 37.4 Å². The molecule has 0 N–H and O–H groups in total. The van der Waals surface area contributed by atoms with Crippen LogP contribution in [0.2, 0.25) is 5.02 Å². The number of nitrogens with zero attached hydrogens (tertiary/aromatic N) is 2. The Morgan fingerprint density at radius 2 is 1.94 bits per heavy atom. The highest BCUT2D eigenvalue weighted by Crippen LogP contribution is 2.44. The number of piperidine rings is 1. The molecule has 2 rings (SSSR count). The topological polar surface area (TPSA) is 59.1 Å². The van der Waals surface area contributed by atoms with Gasteiger partial charge in [-0.1, -0.05) is 51.4 Å². The van der Waals surface area contributed by atoms with Crippen molar-refractivity contribution >= 4 is 49.7 Å². The lowest BCUT2D eigenvalue weighted by molar-refractivity contribution is -0.181.